The van der Waals surface area contributed by atoms with Gasteiger partial charge in [-0.3, -0.25) is 0 Å². The Hall–Kier alpha value is -3.25. The van der Waals surface area contributed by atoms with Crippen molar-refractivity contribution < 1.29 is 14.3 Å². The second-order valence-corrected chi connectivity index (χ2v) is 8.31. The van der Waals surface area contributed by atoms with Crippen LogP contribution in [0.3, 0.4) is 0 Å². The molecule has 1 aromatic rings. The number of rotatable bonds is 3. The normalized spacial score (nSPS) is 22.5. The topological polar surface area (TPSA) is 131 Å². The number of carbonyl (C=O) groups excluding carboxylic acids is 1. The summed E-state index contributed by atoms with van der Waals surface area (Å²) >= 11 is 0. The van der Waals surface area contributed by atoms with Crippen molar-refractivity contribution in [2.24, 2.45) is 11.5 Å². The summed E-state index contributed by atoms with van der Waals surface area (Å²) in [6.45, 7) is 7.61. The van der Waals surface area contributed by atoms with E-state index in [9.17, 15) is 4.79 Å². The Balaban J connectivity index is 1.72. The van der Waals surface area contributed by atoms with Gasteiger partial charge in [-0.15, -0.1) is 0 Å². The first-order valence-corrected chi connectivity index (χ1v) is 9.83. The lowest BCUT2D eigenvalue weighted by Crippen LogP contribution is -2.51. The van der Waals surface area contributed by atoms with Crippen LogP contribution >= 0.6 is 0 Å². The molecule has 3 heterocycles. The molecule has 2 aliphatic heterocycles. The first-order valence-electron chi connectivity index (χ1n) is 9.83. The molecule has 1 aromatic heterocycles. The predicted octanol–water partition coefficient (Wildman–Crippen LogP) is 1.37. The van der Waals surface area contributed by atoms with E-state index in [-0.39, 0.29) is 18.2 Å². The number of likely N-dealkylation sites (tertiary alicyclic amines) is 1. The summed E-state index contributed by atoms with van der Waals surface area (Å²) in [7, 11) is 0. The van der Waals surface area contributed by atoms with Crippen LogP contribution in [0.2, 0.25) is 0 Å². The van der Waals surface area contributed by atoms with Crippen molar-refractivity contribution in [3.63, 3.8) is 0 Å². The minimum atomic E-state index is -0.551. The Morgan fingerprint density at radius 3 is 2.83 bits per heavy atom. The van der Waals surface area contributed by atoms with E-state index >= 15 is 0 Å². The molecule has 2 saturated heterocycles. The van der Waals surface area contributed by atoms with Gasteiger partial charge in [-0.2, -0.15) is 5.26 Å². The monoisotopic (exact) mass is 412 g/mol. The number of morpholine rings is 1. The van der Waals surface area contributed by atoms with Crippen LogP contribution in [-0.4, -0.2) is 64.9 Å². The van der Waals surface area contributed by atoms with Crippen LogP contribution in [0.25, 0.3) is 5.70 Å². The van der Waals surface area contributed by atoms with Gasteiger partial charge in [-0.05, 0) is 45.1 Å². The van der Waals surface area contributed by atoms with Crippen molar-refractivity contribution in [2.45, 2.75) is 38.5 Å². The van der Waals surface area contributed by atoms with E-state index in [4.69, 9.17) is 26.2 Å². The third kappa shape index (κ3) is 5.02. The SMILES string of the molecule is CC(C)(C)OC(=O)N1CC2OCCN(/C(N)=C/C=C(\N)c3ccnc(C#N)c3)C2C1. The zero-order valence-corrected chi connectivity index (χ0v) is 17.5. The van der Waals surface area contributed by atoms with E-state index in [1.54, 1.807) is 29.2 Å². The lowest BCUT2D eigenvalue weighted by molar-refractivity contribution is -0.0346. The number of hydrogen-bond acceptors (Lipinski definition) is 8. The van der Waals surface area contributed by atoms with Crippen molar-refractivity contribution in [1.82, 2.24) is 14.8 Å². The number of hydrogen-bond donors (Lipinski definition) is 2. The highest BCUT2D eigenvalue weighted by Crippen LogP contribution is 2.26. The van der Waals surface area contributed by atoms with Gasteiger partial charge in [-0.25, -0.2) is 9.78 Å². The molecule has 4 N–H and O–H groups in total. The highest BCUT2D eigenvalue weighted by atomic mass is 16.6. The Labute approximate surface area is 176 Å². The van der Waals surface area contributed by atoms with E-state index in [1.807, 2.05) is 31.7 Å². The molecule has 2 atom stereocenters. The number of carbonyl (C=O) groups is 1. The lowest BCUT2D eigenvalue weighted by atomic mass is 10.1. The number of amides is 1. The Kier molecular flexibility index (Phi) is 6.17. The molecule has 0 aromatic carbocycles. The van der Waals surface area contributed by atoms with E-state index in [2.05, 4.69) is 4.98 Å². The third-order valence-corrected chi connectivity index (χ3v) is 4.93. The largest absolute Gasteiger partial charge is 0.444 e. The van der Waals surface area contributed by atoms with Crippen molar-refractivity contribution in [3.8, 4) is 6.07 Å². The van der Waals surface area contributed by atoms with E-state index < -0.39 is 5.60 Å². The first-order chi connectivity index (χ1) is 14.2. The summed E-state index contributed by atoms with van der Waals surface area (Å²) in [5.41, 5.74) is 13.4. The zero-order chi connectivity index (χ0) is 21.9. The molecule has 2 fully saturated rings. The average Bonchev–Trinajstić information content (AvgIpc) is 3.15. The quantitative estimate of drug-likeness (QED) is 0.712. The zero-order valence-electron chi connectivity index (χ0n) is 17.5. The Bertz CT molecular complexity index is 899. The van der Waals surface area contributed by atoms with Gasteiger partial charge >= 0.3 is 6.09 Å². The maximum Gasteiger partial charge on any atom is 0.410 e. The molecule has 9 heteroatoms. The van der Waals surface area contributed by atoms with Crippen LogP contribution in [0.15, 0.2) is 36.3 Å². The van der Waals surface area contributed by atoms with Gasteiger partial charge in [0.25, 0.3) is 0 Å². The summed E-state index contributed by atoms with van der Waals surface area (Å²) in [6, 6.07) is 5.29. The molecular formula is C21H28N6O3. The van der Waals surface area contributed by atoms with Crippen LogP contribution in [0.1, 0.15) is 32.0 Å². The molecule has 30 heavy (non-hydrogen) atoms. The maximum absolute atomic E-state index is 12.4. The van der Waals surface area contributed by atoms with Crippen LogP contribution in [0.5, 0.6) is 0 Å². The Morgan fingerprint density at radius 1 is 1.37 bits per heavy atom. The molecule has 160 valence electrons. The fourth-order valence-corrected chi connectivity index (χ4v) is 3.52. The number of pyridine rings is 1. The number of nitriles is 1. The molecule has 0 saturated carbocycles. The van der Waals surface area contributed by atoms with Gasteiger partial charge in [0.2, 0.25) is 0 Å². The van der Waals surface area contributed by atoms with Gasteiger partial charge in [0, 0.05) is 30.5 Å². The molecular weight excluding hydrogens is 384 g/mol. The molecule has 0 bridgehead atoms. The number of allylic oxidation sites excluding steroid dienone is 2. The summed E-state index contributed by atoms with van der Waals surface area (Å²) in [5, 5.41) is 8.98. The van der Waals surface area contributed by atoms with E-state index in [1.165, 1.54) is 6.20 Å². The van der Waals surface area contributed by atoms with E-state index in [0.29, 0.717) is 49.0 Å². The molecule has 0 spiro atoms. The lowest BCUT2D eigenvalue weighted by Gasteiger charge is -2.38. The molecule has 2 aliphatic rings. The van der Waals surface area contributed by atoms with Crippen molar-refractivity contribution in [1.29, 1.82) is 5.26 Å². The minimum absolute atomic E-state index is 0.0525. The molecule has 0 aliphatic carbocycles. The third-order valence-electron chi connectivity index (χ3n) is 4.93. The van der Waals surface area contributed by atoms with Gasteiger partial charge < -0.3 is 30.7 Å². The maximum atomic E-state index is 12.4. The fraction of sp³-hybridized carbons (Fsp3) is 0.476. The second kappa shape index (κ2) is 8.63. The van der Waals surface area contributed by atoms with Crippen LogP contribution < -0.4 is 11.5 Å². The van der Waals surface area contributed by atoms with Gasteiger partial charge in [0.15, 0.2) is 0 Å². The summed E-state index contributed by atoms with van der Waals surface area (Å²) < 4.78 is 11.3. The summed E-state index contributed by atoms with van der Waals surface area (Å²) in [4.78, 5) is 20.1. The molecule has 9 nitrogen and oxygen atoms in total. The second-order valence-electron chi connectivity index (χ2n) is 8.31. The first kappa shape index (κ1) is 21.5. The smallest absolute Gasteiger partial charge is 0.410 e. The van der Waals surface area contributed by atoms with Gasteiger partial charge in [0.1, 0.15) is 17.4 Å². The number of ether oxygens (including phenoxy) is 2. The summed E-state index contributed by atoms with van der Waals surface area (Å²) in [6.07, 6.45) is 4.51. The molecule has 1 amide bonds. The molecule has 0 radical (unpaired) electrons. The molecule has 2 unspecified atom stereocenters. The fourth-order valence-electron chi connectivity index (χ4n) is 3.52. The highest BCUT2D eigenvalue weighted by Gasteiger charge is 2.43. The standard InChI is InChI=1S/C21H28N6O3/c1-21(2,3)30-20(28)26-12-17-18(13-26)29-9-8-27(17)19(24)5-4-16(23)14-6-7-25-15(10-14)11-22/h4-7,10,17-18H,8-9,12-13,23-24H2,1-3H3/b16-4-,19-5+. The number of fused-ring (bicyclic) bond motifs is 1. The number of aromatic nitrogens is 1. The number of nitrogens with zero attached hydrogens (tertiary/aromatic N) is 4. The van der Waals surface area contributed by atoms with E-state index in [0.717, 1.165) is 0 Å². The summed E-state index contributed by atoms with van der Waals surface area (Å²) in [5.74, 6) is 0.539. The highest BCUT2D eigenvalue weighted by molar-refractivity contribution is 5.69. The van der Waals surface area contributed by atoms with Crippen molar-refractivity contribution in [2.75, 3.05) is 26.2 Å². The van der Waals surface area contributed by atoms with Gasteiger partial charge in [-0.1, -0.05) is 0 Å². The number of nitrogens with two attached hydrogens (primary N) is 2. The average molecular weight is 412 g/mol. The minimum Gasteiger partial charge on any atom is -0.444 e. The molecule has 3 rings (SSSR count). The van der Waals surface area contributed by atoms with Crippen LogP contribution in [0, 0.1) is 11.3 Å². The van der Waals surface area contributed by atoms with Crippen molar-refractivity contribution >= 4 is 11.8 Å². The van der Waals surface area contributed by atoms with Crippen LogP contribution in [-0.2, 0) is 9.47 Å². The Morgan fingerprint density at radius 2 is 2.13 bits per heavy atom. The van der Waals surface area contributed by atoms with Gasteiger partial charge in [0.05, 0.1) is 31.1 Å². The van der Waals surface area contributed by atoms with Crippen LogP contribution in [0.4, 0.5) is 4.79 Å². The van der Waals surface area contributed by atoms with Crippen molar-refractivity contribution in [3.05, 3.63) is 47.6 Å². The predicted molar refractivity (Wildman–Crippen MR) is 111 cm³/mol.